The number of pyridine rings is 1. The van der Waals surface area contributed by atoms with Gasteiger partial charge in [0.25, 0.3) is 0 Å². The van der Waals surface area contributed by atoms with Crippen LogP contribution in [0.25, 0.3) is 5.65 Å². The van der Waals surface area contributed by atoms with Crippen LogP contribution in [0.1, 0.15) is 12.0 Å². The lowest BCUT2D eigenvalue weighted by Gasteiger charge is -2.06. The molecule has 3 aromatic rings. The van der Waals surface area contributed by atoms with Crippen LogP contribution in [0.15, 0.2) is 55.0 Å². The van der Waals surface area contributed by atoms with Crippen LogP contribution in [0.2, 0.25) is 0 Å². The van der Waals surface area contributed by atoms with Crippen molar-refractivity contribution in [1.29, 1.82) is 0 Å². The molecule has 4 nitrogen and oxygen atoms in total. The van der Waals surface area contributed by atoms with Gasteiger partial charge in [0.1, 0.15) is 11.5 Å². The molecule has 1 N–H and O–H groups in total. The van der Waals surface area contributed by atoms with Gasteiger partial charge in [0.15, 0.2) is 0 Å². The van der Waals surface area contributed by atoms with Gasteiger partial charge in [-0.1, -0.05) is 18.2 Å². The highest BCUT2D eigenvalue weighted by molar-refractivity contribution is 5.90. The fourth-order valence-electron chi connectivity index (χ4n) is 2.17. The van der Waals surface area contributed by atoms with Crippen molar-refractivity contribution in [3.8, 4) is 0 Å². The van der Waals surface area contributed by atoms with Gasteiger partial charge in [0, 0.05) is 25.0 Å². The van der Waals surface area contributed by atoms with E-state index >= 15 is 0 Å². The number of aryl methyl sites for hydroxylation is 1. The first-order valence-electron chi connectivity index (χ1n) is 6.68. The summed E-state index contributed by atoms with van der Waals surface area (Å²) in [5.41, 5.74) is 2.07. The Morgan fingerprint density at radius 3 is 2.95 bits per heavy atom. The minimum atomic E-state index is -0.273. The second kappa shape index (κ2) is 5.75. The van der Waals surface area contributed by atoms with E-state index in [9.17, 15) is 9.18 Å². The summed E-state index contributed by atoms with van der Waals surface area (Å²) in [4.78, 5) is 16.0. The molecule has 5 heteroatoms. The lowest BCUT2D eigenvalue weighted by atomic mass is 10.1. The zero-order valence-electron chi connectivity index (χ0n) is 11.3. The average Bonchev–Trinajstić information content (AvgIpc) is 2.94. The van der Waals surface area contributed by atoms with Gasteiger partial charge >= 0.3 is 0 Å². The molecule has 21 heavy (non-hydrogen) atoms. The highest BCUT2D eigenvalue weighted by atomic mass is 19.1. The third-order valence-electron chi connectivity index (χ3n) is 3.25. The topological polar surface area (TPSA) is 46.4 Å². The molecule has 0 aliphatic carbocycles. The molecule has 0 aliphatic rings. The first-order chi connectivity index (χ1) is 10.2. The minimum absolute atomic E-state index is 0.141. The summed E-state index contributed by atoms with van der Waals surface area (Å²) in [6.07, 6.45) is 5.92. The second-order valence-electron chi connectivity index (χ2n) is 4.75. The van der Waals surface area contributed by atoms with Crippen molar-refractivity contribution in [3.63, 3.8) is 0 Å². The van der Waals surface area contributed by atoms with Gasteiger partial charge in [-0.15, -0.1) is 0 Å². The Balaban J connectivity index is 1.62. The summed E-state index contributed by atoms with van der Waals surface area (Å²) in [7, 11) is 0. The van der Waals surface area contributed by atoms with Crippen LogP contribution in [0, 0.1) is 5.82 Å². The van der Waals surface area contributed by atoms with E-state index in [4.69, 9.17) is 0 Å². The Morgan fingerprint density at radius 2 is 2.10 bits per heavy atom. The molecular formula is C16H14FN3O. The number of nitrogens with one attached hydrogen (secondary N) is 1. The maximum absolute atomic E-state index is 13.5. The van der Waals surface area contributed by atoms with E-state index < -0.39 is 0 Å². The summed E-state index contributed by atoms with van der Waals surface area (Å²) >= 11 is 0. The van der Waals surface area contributed by atoms with Gasteiger partial charge in [-0.3, -0.25) is 4.79 Å². The normalized spacial score (nSPS) is 10.7. The van der Waals surface area contributed by atoms with Crippen molar-refractivity contribution >= 4 is 17.2 Å². The standard InChI is InChI=1S/C16H14FN3O/c17-14-4-2-1-3-12(14)5-8-16(21)19-13-6-7-15-18-9-10-20(15)11-13/h1-4,6-7,9-11H,5,8H2,(H,19,21). The van der Waals surface area contributed by atoms with E-state index in [1.165, 1.54) is 6.07 Å². The van der Waals surface area contributed by atoms with Crippen molar-refractivity contribution in [2.45, 2.75) is 12.8 Å². The fraction of sp³-hybridized carbons (Fsp3) is 0.125. The van der Waals surface area contributed by atoms with Crippen LogP contribution in [-0.4, -0.2) is 15.3 Å². The quantitative estimate of drug-likeness (QED) is 0.800. The van der Waals surface area contributed by atoms with Crippen LogP contribution in [0.4, 0.5) is 10.1 Å². The molecule has 3 rings (SSSR count). The predicted octanol–water partition coefficient (Wildman–Crippen LogP) is 3.04. The van der Waals surface area contributed by atoms with Crippen molar-refractivity contribution in [1.82, 2.24) is 9.38 Å². The summed E-state index contributed by atoms with van der Waals surface area (Å²) in [6.45, 7) is 0. The third kappa shape index (κ3) is 3.08. The number of carbonyl (C=O) groups excluding carboxylic acids is 1. The Bertz CT molecular complexity index is 782. The Hall–Kier alpha value is -2.69. The van der Waals surface area contributed by atoms with E-state index in [1.54, 1.807) is 36.7 Å². The molecule has 0 fully saturated rings. The van der Waals surface area contributed by atoms with Gasteiger partial charge in [0.2, 0.25) is 5.91 Å². The molecule has 0 saturated heterocycles. The SMILES string of the molecule is O=C(CCc1ccccc1F)Nc1ccc2nccn2c1. The number of imidazole rings is 1. The average molecular weight is 283 g/mol. The number of hydrogen-bond acceptors (Lipinski definition) is 2. The molecule has 0 saturated carbocycles. The number of benzene rings is 1. The van der Waals surface area contributed by atoms with Crippen LogP contribution in [0.5, 0.6) is 0 Å². The van der Waals surface area contributed by atoms with Gasteiger partial charge < -0.3 is 9.72 Å². The van der Waals surface area contributed by atoms with E-state index in [1.807, 2.05) is 16.7 Å². The summed E-state index contributed by atoms with van der Waals surface area (Å²) in [5, 5.41) is 2.80. The molecule has 0 bridgehead atoms. The van der Waals surface area contributed by atoms with Crippen LogP contribution in [0.3, 0.4) is 0 Å². The maximum Gasteiger partial charge on any atom is 0.224 e. The van der Waals surface area contributed by atoms with Gasteiger partial charge in [-0.2, -0.15) is 0 Å². The van der Waals surface area contributed by atoms with Crippen molar-refractivity contribution in [2.24, 2.45) is 0 Å². The number of hydrogen-bond donors (Lipinski definition) is 1. The predicted molar refractivity (Wildman–Crippen MR) is 78.5 cm³/mol. The smallest absolute Gasteiger partial charge is 0.224 e. The number of carbonyl (C=O) groups is 1. The van der Waals surface area contributed by atoms with E-state index in [-0.39, 0.29) is 18.1 Å². The Labute approximate surface area is 121 Å². The first kappa shape index (κ1) is 13.3. The number of aromatic nitrogens is 2. The van der Waals surface area contributed by atoms with Gasteiger partial charge in [0.05, 0.1) is 5.69 Å². The Morgan fingerprint density at radius 1 is 1.24 bits per heavy atom. The van der Waals surface area contributed by atoms with Crippen LogP contribution < -0.4 is 5.32 Å². The van der Waals surface area contributed by atoms with E-state index in [2.05, 4.69) is 10.3 Å². The van der Waals surface area contributed by atoms with E-state index in [0.29, 0.717) is 17.7 Å². The molecule has 106 valence electrons. The highest BCUT2D eigenvalue weighted by Gasteiger charge is 2.06. The van der Waals surface area contributed by atoms with E-state index in [0.717, 1.165) is 5.65 Å². The monoisotopic (exact) mass is 283 g/mol. The number of nitrogens with zero attached hydrogens (tertiary/aromatic N) is 2. The van der Waals surface area contributed by atoms with Crippen molar-refractivity contribution in [2.75, 3.05) is 5.32 Å². The highest BCUT2D eigenvalue weighted by Crippen LogP contribution is 2.12. The number of anilines is 1. The number of rotatable bonds is 4. The second-order valence-corrected chi connectivity index (χ2v) is 4.75. The largest absolute Gasteiger partial charge is 0.325 e. The molecular weight excluding hydrogens is 269 g/mol. The summed E-state index contributed by atoms with van der Waals surface area (Å²) in [5.74, 6) is -0.414. The number of halogens is 1. The molecule has 0 aliphatic heterocycles. The molecule has 2 aromatic heterocycles. The fourth-order valence-corrected chi connectivity index (χ4v) is 2.17. The molecule has 1 aromatic carbocycles. The lowest BCUT2D eigenvalue weighted by molar-refractivity contribution is -0.116. The number of fused-ring (bicyclic) bond motifs is 1. The van der Waals surface area contributed by atoms with Crippen molar-refractivity contribution in [3.05, 3.63) is 66.4 Å². The molecule has 0 radical (unpaired) electrons. The zero-order chi connectivity index (χ0) is 14.7. The molecule has 2 heterocycles. The van der Waals surface area contributed by atoms with Crippen molar-refractivity contribution < 1.29 is 9.18 Å². The molecule has 1 amide bonds. The number of amides is 1. The maximum atomic E-state index is 13.5. The molecule has 0 atom stereocenters. The lowest BCUT2D eigenvalue weighted by Crippen LogP contribution is -2.13. The first-order valence-corrected chi connectivity index (χ1v) is 6.68. The molecule has 0 unspecified atom stereocenters. The third-order valence-corrected chi connectivity index (χ3v) is 3.25. The van der Waals surface area contributed by atoms with Crippen LogP contribution in [-0.2, 0) is 11.2 Å². The zero-order valence-corrected chi connectivity index (χ0v) is 11.3. The molecule has 0 spiro atoms. The van der Waals surface area contributed by atoms with Gasteiger partial charge in [-0.25, -0.2) is 9.37 Å². The summed E-state index contributed by atoms with van der Waals surface area (Å²) in [6, 6.07) is 10.1. The summed E-state index contributed by atoms with van der Waals surface area (Å²) < 4.78 is 15.3. The minimum Gasteiger partial charge on any atom is -0.325 e. The van der Waals surface area contributed by atoms with Crippen LogP contribution >= 0.6 is 0 Å². The Kier molecular flexibility index (Phi) is 3.64. The van der Waals surface area contributed by atoms with Gasteiger partial charge in [-0.05, 0) is 30.2 Å².